The van der Waals surface area contributed by atoms with E-state index in [1.165, 1.54) is 30.0 Å². The van der Waals surface area contributed by atoms with Gasteiger partial charge in [0.25, 0.3) is 5.56 Å². The molecule has 1 aromatic carbocycles. The highest BCUT2D eigenvalue weighted by Crippen LogP contribution is 2.12. The number of ether oxygens (including phenoxy) is 1. The Bertz CT molecular complexity index is 707. The Kier molecular flexibility index (Phi) is 3.84. The van der Waals surface area contributed by atoms with Crippen LogP contribution < -0.4 is 10.3 Å². The second-order valence-corrected chi connectivity index (χ2v) is 4.32. The van der Waals surface area contributed by atoms with E-state index in [0.29, 0.717) is 5.88 Å². The van der Waals surface area contributed by atoms with Crippen LogP contribution >= 0.6 is 0 Å². The molecule has 20 heavy (non-hydrogen) atoms. The van der Waals surface area contributed by atoms with Crippen LogP contribution in [0.5, 0.6) is 5.88 Å². The van der Waals surface area contributed by atoms with Gasteiger partial charge in [-0.1, -0.05) is 6.07 Å². The van der Waals surface area contributed by atoms with Crippen LogP contribution in [0.2, 0.25) is 0 Å². The number of rotatable bonds is 4. The van der Waals surface area contributed by atoms with Crippen molar-refractivity contribution in [3.05, 3.63) is 57.4 Å². The maximum absolute atomic E-state index is 11.7. The summed E-state index contributed by atoms with van der Waals surface area (Å²) < 4.78 is 6.26. The lowest BCUT2D eigenvalue weighted by atomic mass is 10.1. The molecule has 0 aliphatic heterocycles. The normalized spacial score (nSPS) is 10.3. The van der Waals surface area contributed by atoms with E-state index < -0.39 is 5.97 Å². The van der Waals surface area contributed by atoms with Crippen LogP contribution in [0.15, 0.2) is 35.1 Å². The third-order valence-corrected chi connectivity index (χ3v) is 2.96. The van der Waals surface area contributed by atoms with Crippen molar-refractivity contribution in [3.8, 4) is 5.88 Å². The van der Waals surface area contributed by atoms with Crippen molar-refractivity contribution < 1.29 is 14.6 Å². The first-order valence-corrected chi connectivity index (χ1v) is 5.96. The van der Waals surface area contributed by atoms with Gasteiger partial charge in [-0.2, -0.15) is 0 Å². The first kappa shape index (κ1) is 13.8. The SMILES string of the molecule is COc1ccc(=O)n(Cc2ccc(C(=O)O)cc2C)n1. The van der Waals surface area contributed by atoms with E-state index in [0.717, 1.165) is 11.1 Å². The number of aromatic carboxylic acids is 1. The number of carboxylic acid groups (broad SMARTS) is 1. The van der Waals surface area contributed by atoms with Gasteiger partial charge in [0.2, 0.25) is 5.88 Å². The van der Waals surface area contributed by atoms with Gasteiger partial charge in [0, 0.05) is 12.1 Å². The number of carboxylic acids is 1. The summed E-state index contributed by atoms with van der Waals surface area (Å²) in [7, 11) is 1.48. The Morgan fingerprint density at radius 1 is 1.35 bits per heavy atom. The van der Waals surface area contributed by atoms with Crippen molar-refractivity contribution in [3.63, 3.8) is 0 Å². The van der Waals surface area contributed by atoms with Crippen molar-refractivity contribution >= 4 is 5.97 Å². The van der Waals surface area contributed by atoms with E-state index in [9.17, 15) is 9.59 Å². The van der Waals surface area contributed by atoms with Crippen LogP contribution in [0, 0.1) is 6.92 Å². The van der Waals surface area contributed by atoms with Gasteiger partial charge in [0.15, 0.2) is 0 Å². The lowest BCUT2D eigenvalue weighted by Crippen LogP contribution is -2.23. The Morgan fingerprint density at radius 2 is 2.10 bits per heavy atom. The van der Waals surface area contributed by atoms with Crippen molar-refractivity contribution in [2.45, 2.75) is 13.5 Å². The second kappa shape index (κ2) is 5.56. The molecule has 104 valence electrons. The van der Waals surface area contributed by atoms with Gasteiger partial charge >= 0.3 is 5.97 Å². The molecule has 6 nitrogen and oxygen atoms in total. The summed E-state index contributed by atoms with van der Waals surface area (Å²) in [5.74, 6) is -0.624. The van der Waals surface area contributed by atoms with Crippen molar-refractivity contribution in [1.82, 2.24) is 9.78 Å². The van der Waals surface area contributed by atoms with Crippen molar-refractivity contribution in [2.75, 3.05) is 7.11 Å². The molecule has 0 amide bonds. The van der Waals surface area contributed by atoms with Crippen LogP contribution in [-0.2, 0) is 6.54 Å². The fourth-order valence-electron chi connectivity index (χ4n) is 1.82. The first-order chi connectivity index (χ1) is 9.51. The number of nitrogens with zero attached hydrogens (tertiary/aromatic N) is 2. The molecular formula is C14H14N2O4. The summed E-state index contributed by atoms with van der Waals surface area (Å²) >= 11 is 0. The van der Waals surface area contributed by atoms with Gasteiger partial charge in [-0.15, -0.1) is 5.10 Å². The molecule has 1 aromatic heterocycles. The lowest BCUT2D eigenvalue weighted by molar-refractivity contribution is 0.0697. The fourth-order valence-corrected chi connectivity index (χ4v) is 1.82. The lowest BCUT2D eigenvalue weighted by Gasteiger charge is -2.09. The quantitative estimate of drug-likeness (QED) is 0.909. The van der Waals surface area contributed by atoms with Crippen LogP contribution in [-0.4, -0.2) is 28.0 Å². The topological polar surface area (TPSA) is 81.4 Å². The third kappa shape index (κ3) is 2.85. The summed E-state index contributed by atoms with van der Waals surface area (Å²) in [6.07, 6.45) is 0. The molecule has 0 bridgehead atoms. The Morgan fingerprint density at radius 3 is 2.70 bits per heavy atom. The van der Waals surface area contributed by atoms with Crippen LogP contribution in [0.4, 0.5) is 0 Å². The number of aromatic nitrogens is 2. The van der Waals surface area contributed by atoms with Gasteiger partial charge in [-0.25, -0.2) is 9.48 Å². The van der Waals surface area contributed by atoms with Crippen LogP contribution in [0.1, 0.15) is 21.5 Å². The molecule has 0 aliphatic rings. The molecule has 0 unspecified atom stereocenters. The smallest absolute Gasteiger partial charge is 0.335 e. The first-order valence-electron chi connectivity index (χ1n) is 5.96. The summed E-state index contributed by atoms with van der Waals surface area (Å²) in [5, 5.41) is 13.0. The minimum absolute atomic E-state index is 0.220. The molecule has 2 rings (SSSR count). The van der Waals surface area contributed by atoms with E-state index in [2.05, 4.69) is 5.10 Å². The maximum Gasteiger partial charge on any atom is 0.335 e. The monoisotopic (exact) mass is 274 g/mol. The Hall–Kier alpha value is -2.63. The number of hydrogen-bond acceptors (Lipinski definition) is 4. The summed E-state index contributed by atoms with van der Waals surface area (Å²) in [6.45, 7) is 2.06. The molecular weight excluding hydrogens is 260 g/mol. The summed E-state index contributed by atoms with van der Waals surface area (Å²) in [5.41, 5.74) is 1.60. The minimum Gasteiger partial charge on any atom is -0.480 e. The Labute approximate surface area is 115 Å². The molecule has 0 atom stereocenters. The molecule has 2 aromatic rings. The van der Waals surface area contributed by atoms with Gasteiger partial charge in [-0.05, 0) is 30.2 Å². The van der Waals surface area contributed by atoms with E-state index in [1.54, 1.807) is 19.1 Å². The molecule has 1 N–H and O–H groups in total. The molecule has 0 spiro atoms. The molecule has 6 heteroatoms. The number of methoxy groups -OCH3 is 1. The zero-order valence-electron chi connectivity index (χ0n) is 11.2. The Balaban J connectivity index is 2.35. The summed E-state index contributed by atoms with van der Waals surface area (Å²) in [6, 6.07) is 7.65. The van der Waals surface area contributed by atoms with Crippen LogP contribution in [0.3, 0.4) is 0 Å². The summed E-state index contributed by atoms with van der Waals surface area (Å²) in [4.78, 5) is 22.6. The van der Waals surface area contributed by atoms with E-state index in [1.807, 2.05) is 0 Å². The predicted molar refractivity (Wildman–Crippen MR) is 72.3 cm³/mol. The van der Waals surface area contributed by atoms with Gasteiger partial charge in [0.1, 0.15) is 0 Å². The minimum atomic E-state index is -0.976. The standard InChI is InChI=1S/C14H14N2O4/c1-9-7-10(14(18)19)3-4-11(9)8-16-13(17)6-5-12(15-16)20-2/h3-7H,8H2,1-2H3,(H,18,19). The average Bonchev–Trinajstić information content (AvgIpc) is 2.43. The fraction of sp³-hybridized carbons (Fsp3) is 0.214. The van der Waals surface area contributed by atoms with Gasteiger partial charge < -0.3 is 9.84 Å². The number of benzene rings is 1. The highest BCUT2D eigenvalue weighted by molar-refractivity contribution is 5.87. The third-order valence-electron chi connectivity index (χ3n) is 2.96. The number of carbonyl (C=O) groups is 1. The molecule has 0 fully saturated rings. The zero-order chi connectivity index (χ0) is 14.7. The number of aryl methyl sites for hydroxylation is 1. The zero-order valence-corrected chi connectivity index (χ0v) is 11.2. The predicted octanol–water partition coefficient (Wildman–Crippen LogP) is 1.31. The van der Waals surface area contributed by atoms with Gasteiger partial charge in [0.05, 0.1) is 19.2 Å². The molecule has 0 saturated carbocycles. The van der Waals surface area contributed by atoms with E-state index >= 15 is 0 Å². The van der Waals surface area contributed by atoms with Crippen LogP contribution in [0.25, 0.3) is 0 Å². The molecule has 0 saturated heterocycles. The molecule has 0 radical (unpaired) electrons. The second-order valence-electron chi connectivity index (χ2n) is 4.32. The molecule has 0 aliphatic carbocycles. The highest BCUT2D eigenvalue weighted by Gasteiger charge is 2.08. The van der Waals surface area contributed by atoms with Gasteiger partial charge in [-0.3, -0.25) is 4.79 Å². The highest BCUT2D eigenvalue weighted by atomic mass is 16.5. The van der Waals surface area contributed by atoms with E-state index in [-0.39, 0.29) is 17.7 Å². The maximum atomic E-state index is 11.7. The van der Waals surface area contributed by atoms with Crippen molar-refractivity contribution in [1.29, 1.82) is 0 Å². The average molecular weight is 274 g/mol. The van der Waals surface area contributed by atoms with E-state index in [4.69, 9.17) is 9.84 Å². The molecule has 1 heterocycles. The number of hydrogen-bond donors (Lipinski definition) is 1. The van der Waals surface area contributed by atoms with Crippen molar-refractivity contribution in [2.24, 2.45) is 0 Å². The largest absolute Gasteiger partial charge is 0.480 e.